The van der Waals surface area contributed by atoms with E-state index in [-0.39, 0.29) is 17.1 Å². The quantitative estimate of drug-likeness (QED) is 0.598. The van der Waals surface area contributed by atoms with Gasteiger partial charge in [-0.15, -0.1) is 0 Å². The van der Waals surface area contributed by atoms with Crippen molar-refractivity contribution in [3.8, 4) is 11.1 Å². The third-order valence-corrected chi connectivity index (χ3v) is 5.52. The normalized spacial score (nSPS) is 19.9. The Morgan fingerprint density at radius 2 is 1.59 bits per heavy atom. The van der Waals surface area contributed by atoms with Crippen LogP contribution in [0.5, 0.6) is 0 Å². The van der Waals surface area contributed by atoms with Crippen molar-refractivity contribution in [2.45, 2.75) is 25.2 Å². The standard InChI is InChI=1S/C24H22FNO/c1-24(20-9-3-2-4-10-20)13-14-26(23(27)17-24)22-12-6-8-19(16-22)18-7-5-11-21(25)15-18/h2-12,15-16H,13-14,17H2,1H3. The van der Waals surface area contributed by atoms with Crippen molar-refractivity contribution in [1.82, 2.24) is 0 Å². The Hall–Kier alpha value is -2.94. The molecular weight excluding hydrogens is 337 g/mol. The van der Waals surface area contributed by atoms with Crippen LogP contribution in [0.15, 0.2) is 78.9 Å². The molecule has 0 N–H and O–H groups in total. The molecule has 1 aliphatic heterocycles. The van der Waals surface area contributed by atoms with Crippen molar-refractivity contribution in [3.05, 3.63) is 90.2 Å². The molecule has 1 aliphatic rings. The summed E-state index contributed by atoms with van der Waals surface area (Å²) in [5.74, 6) is -0.130. The lowest BCUT2D eigenvalue weighted by Gasteiger charge is -2.39. The summed E-state index contributed by atoms with van der Waals surface area (Å²) in [5, 5.41) is 0. The van der Waals surface area contributed by atoms with E-state index in [0.29, 0.717) is 13.0 Å². The minimum absolute atomic E-state index is 0.129. The molecule has 27 heavy (non-hydrogen) atoms. The maximum atomic E-state index is 13.6. The second kappa shape index (κ2) is 6.99. The molecule has 1 unspecified atom stereocenters. The van der Waals surface area contributed by atoms with Crippen LogP contribution in [0, 0.1) is 5.82 Å². The van der Waals surface area contributed by atoms with Crippen LogP contribution < -0.4 is 4.90 Å². The van der Waals surface area contributed by atoms with Crippen LogP contribution >= 0.6 is 0 Å². The highest BCUT2D eigenvalue weighted by atomic mass is 19.1. The Kier molecular flexibility index (Phi) is 4.53. The van der Waals surface area contributed by atoms with Gasteiger partial charge in [0.1, 0.15) is 5.82 Å². The molecule has 1 atom stereocenters. The first-order valence-corrected chi connectivity index (χ1v) is 9.27. The van der Waals surface area contributed by atoms with Crippen LogP contribution in [0.4, 0.5) is 10.1 Å². The number of halogens is 1. The maximum absolute atomic E-state index is 13.6. The predicted molar refractivity (Wildman–Crippen MR) is 107 cm³/mol. The van der Waals surface area contributed by atoms with Gasteiger partial charge in [-0.05, 0) is 47.4 Å². The van der Waals surface area contributed by atoms with Crippen LogP contribution in [0.1, 0.15) is 25.3 Å². The van der Waals surface area contributed by atoms with Gasteiger partial charge in [0.25, 0.3) is 0 Å². The molecule has 4 rings (SSSR count). The minimum Gasteiger partial charge on any atom is -0.312 e. The number of carbonyl (C=O) groups excluding carboxylic acids is 1. The van der Waals surface area contributed by atoms with E-state index >= 15 is 0 Å². The molecule has 1 amide bonds. The van der Waals surface area contributed by atoms with E-state index < -0.39 is 0 Å². The Morgan fingerprint density at radius 1 is 0.889 bits per heavy atom. The van der Waals surface area contributed by atoms with E-state index in [1.54, 1.807) is 6.07 Å². The van der Waals surface area contributed by atoms with Crippen LogP contribution in [0.3, 0.4) is 0 Å². The number of hydrogen-bond acceptors (Lipinski definition) is 1. The van der Waals surface area contributed by atoms with Gasteiger partial charge in [0.15, 0.2) is 0 Å². The molecular formula is C24H22FNO. The number of anilines is 1. The summed E-state index contributed by atoms with van der Waals surface area (Å²) in [6.07, 6.45) is 1.40. The van der Waals surface area contributed by atoms with Gasteiger partial charge in [0, 0.05) is 24.1 Å². The number of rotatable bonds is 3. The zero-order valence-electron chi connectivity index (χ0n) is 15.4. The van der Waals surface area contributed by atoms with Gasteiger partial charge in [-0.1, -0.05) is 61.5 Å². The summed E-state index contributed by atoms with van der Waals surface area (Å²) in [7, 11) is 0. The lowest BCUT2D eigenvalue weighted by atomic mass is 9.74. The zero-order chi connectivity index (χ0) is 18.9. The van der Waals surface area contributed by atoms with Gasteiger partial charge in [-0.2, -0.15) is 0 Å². The summed E-state index contributed by atoms with van der Waals surface area (Å²) in [4.78, 5) is 14.8. The summed E-state index contributed by atoms with van der Waals surface area (Å²) in [6, 6.07) is 24.6. The third-order valence-electron chi connectivity index (χ3n) is 5.52. The fourth-order valence-corrected chi connectivity index (χ4v) is 3.88. The number of hydrogen-bond donors (Lipinski definition) is 0. The number of piperidine rings is 1. The molecule has 0 saturated carbocycles. The van der Waals surface area contributed by atoms with E-state index in [0.717, 1.165) is 23.2 Å². The van der Waals surface area contributed by atoms with Crippen molar-refractivity contribution in [2.75, 3.05) is 11.4 Å². The van der Waals surface area contributed by atoms with Crippen molar-refractivity contribution in [1.29, 1.82) is 0 Å². The van der Waals surface area contributed by atoms with Gasteiger partial charge in [0.2, 0.25) is 5.91 Å². The van der Waals surface area contributed by atoms with Crippen LogP contribution in [-0.4, -0.2) is 12.5 Å². The first-order chi connectivity index (χ1) is 13.0. The molecule has 1 heterocycles. The molecule has 0 spiro atoms. The number of amides is 1. The largest absolute Gasteiger partial charge is 0.312 e. The highest BCUT2D eigenvalue weighted by Crippen LogP contribution is 2.37. The second-order valence-electron chi connectivity index (χ2n) is 7.46. The van der Waals surface area contributed by atoms with Gasteiger partial charge in [-0.3, -0.25) is 4.79 Å². The SMILES string of the molecule is CC1(c2ccccc2)CCN(c2cccc(-c3cccc(F)c3)c2)C(=O)C1. The summed E-state index contributed by atoms with van der Waals surface area (Å²) in [5.41, 5.74) is 3.68. The molecule has 0 aromatic heterocycles. The van der Waals surface area contributed by atoms with Gasteiger partial charge in [0.05, 0.1) is 0 Å². The highest BCUT2D eigenvalue weighted by molar-refractivity contribution is 5.95. The van der Waals surface area contributed by atoms with Crippen LogP contribution in [0.2, 0.25) is 0 Å². The lowest BCUT2D eigenvalue weighted by Crippen LogP contribution is -2.45. The topological polar surface area (TPSA) is 20.3 Å². The van der Waals surface area contributed by atoms with E-state index in [1.165, 1.54) is 17.7 Å². The monoisotopic (exact) mass is 359 g/mol. The molecule has 3 aromatic rings. The number of benzene rings is 3. The molecule has 0 aliphatic carbocycles. The average Bonchev–Trinajstić information content (AvgIpc) is 2.69. The minimum atomic E-state index is -0.259. The Balaban J connectivity index is 1.59. The Morgan fingerprint density at radius 3 is 2.30 bits per heavy atom. The zero-order valence-corrected chi connectivity index (χ0v) is 15.4. The van der Waals surface area contributed by atoms with E-state index in [4.69, 9.17) is 0 Å². The molecule has 0 bridgehead atoms. The summed E-state index contributed by atoms with van der Waals surface area (Å²) in [6.45, 7) is 2.84. The van der Waals surface area contributed by atoms with Crippen molar-refractivity contribution >= 4 is 11.6 Å². The predicted octanol–water partition coefficient (Wildman–Crippen LogP) is 5.58. The molecule has 2 nitrogen and oxygen atoms in total. The van der Waals surface area contributed by atoms with E-state index in [9.17, 15) is 9.18 Å². The fraction of sp³-hybridized carbons (Fsp3) is 0.208. The van der Waals surface area contributed by atoms with Crippen LogP contribution in [0.25, 0.3) is 11.1 Å². The van der Waals surface area contributed by atoms with Gasteiger partial charge < -0.3 is 4.90 Å². The molecule has 1 saturated heterocycles. The Bertz CT molecular complexity index is 969. The number of nitrogens with zero attached hydrogens (tertiary/aromatic N) is 1. The average molecular weight is 359 g/mol. The highest BCUT2D eigenvalue weighted by Gasteiger charge is 2.36. The smallest absolute Gasteiger partial charge is 0.227 e. The molecule has 1 fully saturated rings. The first-order valence-electron chi connectivity index (χ1n) is 9.27. The third kappa shape index (κ3) is 3.50. The van der Waals surface area contributed by atoms with E-state index in [2.05, 4.69) is 19.1 Å². The summed E-state index contributed by atoms with van der Waals surface area (Å²) >= 11 is 0. The lowest BCUT2D eigenvalue weighted by molar-refractivity contribution is -0.121. The fourth-order valence-electron chi connectivity index (χ4n) is 3.88. The molecule has 0 radical (unpaired) electrons. The van der Waals surface area contributed by atoms with Gasteiger partial charge >= 0.3 is 0 Å². The summed E-state index contributed by atoms with van der Waals surface area (Å²) < 4.78 is 13.6. The van der Waals surface area contributed by atoms with Crippen molar-refractivity contribution < 1.29 is 9.18 Å². The van der Waals surface area contributed by atoms with Gasteiger partial charge in [-0.25, -0.2) is 4.39 Å². The number of carbonyl (C=O) groups is 1. The molecule has 136 valence electrons. The molecule has 3 aromatic carbocycles. The maximum Gasteiger partial charge on any atom is 0.227 e. The Labute approximate surface area is 159 Å². The first kappa shape index (κ1) is 17.5. The van der Waals surface area contributed by atoms with Crippen LogP contribution in [-0.2, 0) is 10.2 Å². The van der Waals surface area contributed by atoms with Crippen molar-refractivity contribution in [3.63, 3.8) is 0 Å². The second-order valence-corrected chi connectivity index (χ2v) is 7.46. The molecule has 3 heteroatoms. The van der Waals surface area contributed by atoms with E-state index in [1.807, 2.05) is 53.4 Å². The van der Waals surface area contributed by atoms with Crippen molar-refractivity contribution in [2.24, 2.45) is 0 Å².